The predicted molar refractivity (Wildman–Crippen MR) is 70.4 cm³/mol. The van der Waals surface area contributed by atoms with E-state index in [2.05, 4.69) is 10.3 Å². The van der Waals surface area contributed by atoms with Gasteiger partial charge in [0.25, 0.3) is 0 Å². The van der Waals surface area contributed by atoms with Crippen LogP contribution in [0, 0.1) is 0 Å². The summed E-state index contributed by atoms with van der Waals surface area (Å²) in [4.78, 5) is 3.81. The van der Waals surface area contributed by atoms with Crippen LogP contribution in [0.4, 0.5) is 19.0 Å². The molecule has 1 aromatic rings. The summed E-state index contributed by atoms with van der Waals surface area (Å²) in [5.74, 6) is 1.21. The fraction of sp³-hybridized carbons (Fsp3) is 0.545. The van der Waals surface area contributed by atoms with Crippen molar-refractivity contribution in [3.05, 3.63) is 22.8 Å². The zero-order valence-corrected chi connectivity index (χ0v) is 11.4. The minimum absolute atomic E-state index is 0.156. The summed E-state index contributed by atoms with van der Waals surface area (Å²) in [6, 6.07) is 1.79. The highest BCUT2D eigenvalue weighted by atomic mass is 35.5. The molecule has 1 aromatic heterocycles. The molecule has 0 fully saturated rings. The van der Waals surface area contributed by atoms with Crippen molar-refractivity contribution in [2.45, 2.75) is 19.0 Å². The Labute approximate surface area is 113 Å². The first-order valence-electron chi connectivity index (χ1n) is 5.41. The van der Waals surface area contributed by atoms with E-state index in [-0.39, 0.29) is 11.0 Å². The van der Waals surface area contributed by atoms with Gasteiger partial charge in [-0.15, -0.1) is 0 Å². The molecule has 0 aliphatic carbocycles. The van der Waals surface area contributed by atoms with E-state index >= 15 is 0 Å². The van der Waals surface area contributed by atoms with Gasteiger partial charge in [0.1, 0.15) is 11.0 Å². The van der Waals surface area contributed by atoms with Crippen molar-refractivity contribution in [3.63, 3.8) is 0 Å². The third-order valence-electron chi connectivity index (χ3n) is 2.20. The van der Waals surface area contributed by atoms with Crippen LogP contribution in [0.25, 0.3) is 0 Å². The van der Waals surface area contributed by atoms with Gasteiger partial charge >= 0.3 is 6.18 Å². The number of thioether (sulfide) groups is 1. The summed E-state index contributed by atoms with van der Waals surface area (Å²) < 4.78 is 37.6. The Kier molecular flexibility index (Phi) is 6.08. The summed E-state index contributed by atoms with van der Waals surface area (Å²) >= 11 is 7.31. The Morgan fingerprint density at radius 3 is 2.67 bits per heavy atom. The van der Waals surface area contributed by atoms with Crippen molar-refractivity contribution >= 4 is 29.2 Å². The van der Waals surface area contributed by atoms with Crippen LogP contribution in [0.3, 0.4) is 0 Å². The van der Waals surface area contributed by atoms with Crippen molar-refractivity contribution in [2.75, 3.05) is 23.9 Å². The van der Waals surface area contributed by atoms with Crippen LogP contribution in [0.5, 0.6) is 0 Å². The van der Waals surface area contributed by atoms with E-state index in [9.17, 15) is 13.2 Å². The molecule has 2 nitrogen and oxygen atoms in total. The van der Waals surface area contributed by atoms with Gasteiger partial charge in [0.05, 0.1) is 5.56 Å². The molecule has 0 amide bonds. The fourth-order valence-electron chi connectivity index (χ4n) is 1.34. The van der Waals surface area contributed by atoms with Crippen molar-refractivity contribution in [1.29, 1.82) is 0 Å². The highest BCUT2D eigenvalue weighted by Crippen LogP contribution is 2.31. The van der Waals surface area contributed by atoms with Gasteiger partial charge in [-0.05, 0) is 37.0 Å². The lowest BCUT2D eigenvalue weighted by Gasteiger charge is -2.10. The van der Waals surface area contributed by atoms with Gasteiger partial charge in [-0.1, -0.05) is 11.6 Å². The number of unbranched alkanes of at least 4 members (excludes halogenated alkanes) is 1. The van der Waals surface area contributed by atoms with Crippen molar-refractivity contribution in [1.82, 2.24) is 4.98 Å². The minimum atomic E-state index is -4.40. The maximum atomic E-state index is 12.5. The highest BCUT2D eigenvalue weighted by Gasteiger charge is 2.31. The molecule has 0 saturated carbocycles. The number of aromatic nitrogens is 1. The third kappa shape index (κ3) is 5.35. The van der Waals surface area contributed by atoms with E-state index in [1.807, 2.05) is 6.26 Å². The van der Waals surface area contributed by atoms with Gasteiger partial charge < -0.3 is 5.32 Å². The molecule has 1 N–H and O–H groups in total. The summed E-state index contributed by atoms with van der Waals surface area (Å²) in [5.41, 5.74) is -0.783. The lowest BCUT2D eigenvalue weighted by molar-refractivity contribution is -0.137. The molecule has 0 spiro atoms. The van der Waals surface area contributed by atoms with Crippen LogP contribution in [-0.4, -0.2) is 23.5 Å². The second kappa shape index (κ2) is 7.09. The lowest BCUT2D eigenvalue weighted by Crippen LogP contribution is -2.09. The first-order chi connectivity index (χ1) is 8.43. The number of rotatable bonds is 6. The number of anilines is 1. The molecule has 18 heavy (non-hydrogen) atoms. The lowest BCUT2D eigenvalue weighted by atomic mass is 10.2. The van der Waals surface area contributed by atoms with Gasteiger partial charge in [0, 0.05) is 6.54 Å². The van der Waals surface area contributed by atoms with Gasteiger partial charge in [0.15, 0.2) is 0 Å². The Morgan fingerprint density at radius 1 is 1.33 bits per heavy atom. The van der Waals surface area contributed by atoms with E-state index in [4.69, 9.17) is 11.6 Å². The summed E-state index contributed by atoms with van der Waals surface area (Å²) in [5, 5.41) is 2.70. The van der Waals surface area contributed by atoms with E-state index in [1.54, 1.807) is 11.8 Å². The number of halogens is 4. The maximum absolute atomic E-state index is 12.5. The van der Waals surface area contributed by atoms with Gasteiger partial charge in [-0.3, -0.25) is 0 Å². The highest BCUT2D eigenvalue weighted by molar-refractivity contribution is 7.98. The molecule has 0 aliphatic rings. The normalized spacial score (nSPS) is 11.6. The van der Waals surface area contributed by atoms with Crippen molar-refractivity contribution < 1.29 is 13.2 Å². The molecular weight excluding hydrogens is 285 g/mol. The fourth-order valence-corrected chi connectivity index (χ4v) is 2.04. The maximum Gasteiger partial charge on any atom is 0.416 e. The van der Waals surface area contributed by atoms with E-state index in [0.29, 0.717) is 6.54 Å². The number of nitrogens with one attached hydrogen (secondary N) is 1. The number of hydrogen-bond acceptors (Lipinski definition) is 3. The van der Waals surface area contributed by atoms with E-state index < -0.39 is 11.7 Å². The van der Waals surface area contributed by atoms with Gasteiger partial charge in [-0.25, -0.2) is 4.98 Å². The smallest absolute Gasteiger partial charge is 0.370 e. The first-order valence-corrected chi connectivity index (χ1v) is 7.18. The number of hydrogen-bond donors (Lipinski definition) is 1. The summed E-state index contributed by atoms with van der Waals surface area (Å²) in [6.45, 7) is 0.588. The Balaban J connectivity index is 2.58. The minimum Gasteiger partial charge on any atom is -0.370 e. The summed E-state index contributed by atoms with van der Waals surface area (Å²) in [6.07, 6.45) is -0.485. The van der Waals surface area contributed by atoms with Crippen molar-refractivity contribution in [2.24, 2.45) is 0 Å². The van der Waals surface area contributed by atoms with Crippen LogP contribution in [-0.2, 0) is 6.18 Å². The molecule has 0 atom stereocenters. The topological polar surface area (TPSA) is 24.9 Å². The van der Waals surface area contributed by atoms with Crippen molar-refractivity contribution in [3.8, 4) is 0 Å². The number of nitrogens with zero attached hydrogens (tertiary/aromatic N) is 1. The van der Waals surface area contributed by atoms with Gasteiger partial charge in [-0.2, -0.15) is 24.9 Å². The molecule has 7 heteroatoms. The Bertz CT molecular complexity index is 385. The number of pyridine rings is 1. The van der Waals surface area contributed by atoms with Crippen LogP contribution in [0.15, 0.2) is 12.1 Å². The molecule has 1 rings (SSSR count). The zero-order valence-electron chi connectivity index (χ0n) is 9.85. The standard InChI is InChI=1S/C11H14ClF3N2S/c1-18-5-3-2-4-16-10-7-8(11(13,14)15)6-9(12)17-10/h6-7H,2-5H2,1H3,(H,16,17). The second-order valence-corrected chi connectivity index (χ2v) is 5.06. The average molecular weight is 299 g/mol. The molecule has 0 bridgehead atoms. The largest absolute Gasteiger partial charge is 0.416 e. The molecule has 102 valence electrons. The zero-order chi connectivity index (χ0) is 13.6. The van der Waals surface area contributed by atoms with Crippen LogP contribution in [0.2, 0.25) is 5.15 Å². The van der Waals surface area contributed by atoms with E-state index in [1.165, 1.54) is 0 Å². The summed E-state index contributed by atoms with van der Waals surface area (Å²) in [7, 11) is 0. The van der Waals surface area contributed by atoms with Gasteiger partial charge in [0.2, 0.25) is 0 Å². The predicted octanol–water partition coefficient (Wildman–Crippen LogP) is 4.31. The van der Waals surface area contributed by atoms with E-state index in [0.717, 1.165) is 30.7 Å². The van der Waals surface area contributed by atoms with Crippen LogP contribution < -0.4 is 5.32 Å². The first kappa shape index (κ1) is 15.4. The Morgan fingerprint density at radius 2 is 2.06 bits per heavy atom. The molecule has 0 unspecified atom stereocenters. The average Bonchev–Trinajstić information content (AvgIpc) is 2.27. The molecule has 0 saturated heterocycles. The third-order valence-corrected chi connectivity index (χ3v) is 3.09. The molecule has 0 aromatic carbocycles. The second-order valence-electron chi connectivity index (χ2n) is 3.69. The number of alkyl halides is 3. The molecule has 0 radical (unpaired) electrons. The Hall–Kier alpha value is -0.620. The quantitative estimate of drug-likeness (QED) is 0.626. The molecule has 0 aliphatic heterocycles. The monoisotopic (exact) mass is 298 g/mol. The van der Waals surface area contributed by atoms with Crippen LogP contribution in [0.1, 0.15) is 18.4 Å². The molecule has 1 heterocycles. The van der Waals surface area contributed by atoms with Crippen LogP contribution >= 0.6 is 23.4 Å². The SMILES string of the molecule is CSCCCCNc1cc(C(F)(F)F)cc(Cl)n1. The molecular formula is C11H14ClF3N2S.